The number of hydrogen-bond acceptors (Lipinski definition) is 1. The smallest absolute Gasteiger partial charge is 0.230 e. The van der Waals surface area contributed by atoms with E-state index in [0.717, 1.165) is 24.9 Å². The first-order valence-corrected chi connectivity index (χ1v) is 5.59. The van der Waals surface area contributed by atoms with Gasteiger partial charge in [-0.2, -0.15) is 0 Å². The van der Waals surface area contributed by atoms with Crippen LogP contribution in [-0.2, 0) is 11.2 Å². The number of benzene rings is 1. The Labute approximate surface area is 90.9 Å². The van der Waals surface area contributed by atoms with Crippen molar-refractivity contribution < 1.29 is 4.79 Å². The predicted molar refractivity (Wildman–Crippen MR) is 62.0 cm³/mol. The third-order valence-electron chi connectivity index (χ3n) is 3.14. The molecule has 2 heteroatoms. The molecule has 1 aliphatic heterocycles. The van der Waals surface area contributed by atoms with Gasteiger partial charge in [0.05, 0.1) is 0 Å². The number of anilines is 1. The standard InChI is InChI=1S/C13H17NO/c1-3-6-11-9-10-7-4-5-8-12(10)14(2)13(11)15/h4-5,7-8,11H,3,6,9H2,1-2H3. The summed E-state index contributed by atoms with van der Waals surface area (Å²) in [4.78, 5) is 13.8. The fraction of sp³-hybridized carbons (Fsp3) is 0.462. The van der Waals surface area contributed by atoms with Crippen molar-refractivity contribution in [2.75, 3.05) is 11.9 Å². The molecule has 0 aliphatic carbocycles. The molecule has 1 unspecified atom stereocenters. The number of amides is 1. The molecule has 0 bridgehead atoms. The van der Waals surface area contributed by atoms with Crippen molar-refractivity contribution in [1.82, 2.24) is 0 Å². The molecule has 1 heterocycles. The Kier molecular flexibility index (Phi) is 2.76. The zero-order valence-corrected chi connectivity index (χ0v) is 9.36. The van der Waals surface area contributed by atoms with Crippen LogP contribution < -0.4 is 4.90 Å². The topological polar surface area (TPSA) is 20.3 Å². The summed E-state index contributed by atoms with van der Waals surface area (Å²) in [7, 11) is 1.88. The van der Waals surface area contributed by atoms with Gasteiger partial charge in [0.1, 0.15) is 0 Å². The van der Waals surface area contributed by atoms with Crippen molar-refractivity contribution in [2.24, 2.45) is 5.92 Å². The molecule has 0 radical (unpaired) electrons. The molecule has 2 nitrogen and oxygen atoms in total. The van der Waals surface area contributed by atoms with Crippen LogP contribution in [0.3, 0.4) is 0 Å². The maximum Gasteiger partial charge on any atom is 0.230 e. The van der Waals surface area contributed by atoms with Gasteiger partial charge in [0.15, 0.2) is 0 Å². The van der Waals surface area contributed by atoms with E-state index < -0.39 is 0 Å². The largest absolute Gasteiger partial charge is 0.315 e. The lowest BCUT2D eigenvalue weighted by Gasteiger charge is -2.31. The van der Waals surface area contributed by atoms with Crippen LogP contribution in [-0.4, -0.2) is 13.0 Å². The minimum Gasteiger partial charge on any atom is -0.315 e. The van der Waals surface area contributed by atoms with Gasteiger partial charge in [-0.1, -0.05) is 31.5 Å². The van der Waals surface area contributed by atoms with Crippen LogP contribution in [0.5, 0.6) is 0 Å². The van der Waals surface area contributed by atoms with Crippen LogP contribution in [0, 0.1) is 5.92 Å². The zero-order chi connectivity index (χ0) is 10.8. The maximum absolute atomic E-state index is 12.0. The summed E-state index contributed by atoms with van der Waals surface area (Å²) in [5.74, 6) is 0.463. The Bertz CT molecular complexity index is 373. The fourth-order valence-electron chi connectivity index (χ4n) is 2.33. The lowest BCUT2D eigenvalue weighted by Crippen LogP contribution is -2.38. The lowest BCUT2D eigenvalue weighted by atomic mass is 9.89. The van der Waals surface area contributed by atoms with Crippen molar-refractivity contribution in [3.8, 4) is 0 Å². The Morgan fingerprint density at radius 3 is 2.87 bits per heavy atom. The number of fused-ring (bicyclic) bond motifs is 1. The van der Waals surface area contributed by atoms with E-state index in [2.05, 4.69) is 13.0 Å². The van der Waals surface area contributed by atoms with E-state index in [0.29, 0.717) is 0 Å². The highest BCUT2D eigenvalue weighted by molar-refractivity contribution is 5.97. The first kappa shape index (κ1) is 10.2. The third-order valence-corrected chi connectivity index (χ3v) is 3.14. The molecule has 1 aromatic carbocycles. The van der Waals surface area contributed by atoms with Gasteiger partial charge in [0.2, 0.25) is 5.91 Å². The molecular weight excluding hydrogens is 186 g/mol. The second-order valence-electron chi connectivity index (χ2n) is 4.22. The molecule has 1 aliphatic rings. The van der Waals surface area contributed by atoms with Gasteiger partial charge < -0.3 is 4.90 Å². The molecule has 1 amide bonds. The molecule has 0 N–H and O–H groups in total. The SMILES string of the molecule is CCCC1Cc2ccccc2N(C)C1=O. The van der Waals surface area contributed by atoms with Crippen molar-refractivity contribution in [1.29, 1.82) is 0 Å². The quantitative estimate of drug-likeness (QED) is 0.723. The fourth-order valence-corrected chi connectivity index (χ4v) is 2.33. The highest BCUT2D eigenvalue weighted by atomic mass is 16.2. The van der Waals surface area contributed by atoms with Crippen molar-refractivity contribution in [3.63, 3.8) is 0 Å². The van der Waals surface area contributed by atoms with Gasteiger partial charge in [-0.3, -0.25) is 4.79 Å². The summed E-state index contributed by atoms with van der Waals surface area (Å²) < 4.78 is 0. The average Bonchev–Trinajstić information content (AvgIpc) is 2.26. The van der Waals surface area contributed by atoms with Crippen LogP contribution in [0.1, 0.15) is 25.3 Å². The maximum atomic E-state index is 12.0. The second kappa shape index (κ2) is 4.05. The lowest BCUT2D eigenvalue weighted by molar-refractivity contribution is -0.122. The monoisotopic (exact) mass is 203 g/mol. The molecule has 1 atom stereocenters. The highest BCUT2D eigenvalue weighted by Gasteiger charge is 2.29. The molecule has 2 rings (SSSR count). The number of carbonyl (C=O) groups is 1. The number of rotatable bonds is 2. The number of carbonyl (C=O) groups excluding carboxylic acids is 1. The summed E-state index contributed by atoms with van der Waals surface area (Å²) in [5.41, 5.74) is 2.38. The number of para-hydroxylation sites is 1. The Hall–Kier alpha value is -1.31. The van der Waals surface area contributed by atoms with Gasteiger partial charge in [0.25, 0.3) is 0 Å². The Morgan fingerprint density at radius 2 is 2.13 bits per heavy atom. The normalized spacial score (nSPS) is 20.3. The highest BCUT2D eigenvalue weighted by Crippen LogP contribution is 2.30. The summed E-state index contributed by atoms with van der Waals surface area (Å²) in [6, 6.07) is 8.19. The van der Waals surface area contributed by atoms with E-state index in [-0.39, 0.29) is 11.8 Å². The van der Waals surface area contributed by atoms with E-state index in [1.807, 2.05) is 25.2 Å². The number of nitrogens with zero attached hydrogens (tertiary/aromatic N) is 1. The number of hydrogen-bond donors (Lipinski definition) is 0. The van der Waals surface area contributed by atoms with Crippen LogP contribution in [0.2, 0.25) is 0 Å². The van der Waals surface area contributed by atoms with Gasteiger partial charge in [0, 0.05) is 18.7 Å². The molecule has 0 aromatic heterocycles. The summed E-state index contributed by atoms with van der Waals surface area (Å²) in [6.45, 7) is 2.13. The van der Waals surface area contributed by atoms with E-state index >= 15 is 0 Å². The predicted octanol–water partition coefficient (Wildman–Crippen LogP) is 2.62. The van der Waals surface area contributed by atoms with Crippen molar-refractivity contribution >= 4 is 11.6 Å². The van der Waals surface area contributed by atoms with Gasteiger partial charge in [-0.05, 0) is 24.5 Å². The van der Waals surface area contributed by atoms with Crippen LogP contribution in [0.15, 0.2) is 24.3 Å². The molecule has 0 spiro atoms. The van der Waals surface area contributed by atoms with Gasteiger partial charge in [-0.25, -0.2) is 0 Å². The second-order valence-corrected chi connectivity index (χ2v) is 4.22. The molecule has 1 aromatic rings. The van der Waals surface area contributed by atoms with E-state index in [1.165, 1.54) is 5.56 Å². The third kappa shape index (κ3) is 1.76. The molecule has 15 heavy (non-hydrogen) atoms. The molecule has 0 saturated heterocycles. The zero-order valence-electron chi connectivity index (χ0n) is 9.36. The van der Waals surface area contributed by atoms with Crippen LogP contribution in [0.25, 0.3) is 0 Å². The van der Waals surface area contributed by atoms with Crippen molar-refractivity contribution in [2.45, 2.75) is 26.2 Å². The van der Waals surface area contributed by atoms with E-state index in [9.17, 15) is 4.79 Å². The summed E-state index contributed by atoms with van der Waals surface area (Å²) in [6.07, 6.45) is 2.98. The minimum atomic E-state index is 0.190. The van der Waals surface area contributed by atoms with Crippen LogP contribution in [0.4, 0.5) is 5.69 Å². The summed E-state index contributed by atoms with van der Waals surface area (Å²) in [5, 5.41) is 0. The Morgan fingerprint density at radius 1 is 1.40 bits per heavy atom. The molecule has 80 valence electrons. The van der Waals surface area contributed by atoms with E-state index in [4.69, 9.17) is 0 Å². The summed E-state index contributed by atoms with van der Waals surface area (Å²) >= 11 is 0. The minimum absolute atomic E-state index is 0.190. The molecule has 0 saturated carbocycles. The van der Waals surface area contributed by atoms with Gasteiger partial charge in [-0.15, -0.1) is 0 Å². The van der Waals surface area contributed by atoms with E-state index in [1.54, 1.807) is 4.90 Å². The Balaban J connectivity index is 2.32. The molecular formula is C13H17NO. The van der Waals surface area contributed by atoms with Gasteiger partial charge >= 0.3 is 0 Å². The molecule has 0 fully saturated rings. The van der Waals surface area contributed by atoms with Crippen molar-refractivity contribution in [3.05, 3.63) is 29.8 Å². The van der Waals surface area contributed by atoms with Crippen LogP contribution >= 0.6 is 0 Å². The first-order valence-electron chi connectivity index (χ1n) is 5.59. The first-order chi connectivity index (χ1) is 7.24. The average molecular weight is 203 g/mol.